The van der Waals surface area contributed by atoms with Gasteiger partial charge in [0, 0.05) is 13.1 Å². The van der Waals surface area contributed by atoms with E-state index in [-0.39, 0.29) is 16.2 Å². The van der Waals surface area contributed by atoms with E-state index in [9.17, 15) is 14.9 Å². The number of aromatic nitrogens is 1. The van der Waals surface area contributed by atoms with Gasteiger partial charge in [-0.25, -0.2) is 9.78 Å². The topological polar surface area (TPSA) is 88.4 Å². The highest BCUT2D eigenvalue weighted by Crippen LogP contribution is 2.24. The van der Waals surface area contributed by atoms with Crippen molar-refractivity contribution in [3.05, 3.63) is 16.3 Å². The van der Waals surface area contributed by atoms with E-state index < -0.39 is 4.92 Å². The molecule has 1 N–H and O–H groups in total. The van der Waals surface area contributed by atoms with Crippen LogP contribution in [0.3, 0.4) is 0 Å². The number of nitrogens with one attached hydrogen (secondary N) is 1. The molecule has 0 saturated carbocycles. The van der Waals surface area contributed by atoms with Crippen LogP contribution in [0, 0.1) is 10.1 Å². The molecule has 1 aromatic rings. The zero-order valence-electron chi connectivity index (χ0n) is 8.97. The van der Waals surface area contributed by atoms with Crippen LogP contribution in [0.5, 0.6) is 0 Å². The number of nitro groups is 1. The van der Waals surface area contributed by atoms with Crippen molar-refractivity contribution in [1.82, 2.24) is 9.88 Å². The van der Waals surface area contributed by atoms with Gasteiger partial charge in [0.15, 0.2) is 5.13 Å². The van der Waals surface area contributed by atoms with Gasteiger partial charge in [0.05, 0.1) is 4.92 Å². The van der Waals surface area contributed by atoms with Gasteiger partial charge < -0.3 is 4.90 Å². The van der Waals surface area contributed by atoms with E-state index in [1.165, 1.54) is 0 Å². The molecule has 0 atom stereocenters. The number of anilines is 1. The molecular formula is C8H12N4O3S. The maximum atomic E-state index is 11.6. The number of carbonyl (C=O) groups is 1. The second-order valence-corrected chi connectivity index (χ2v) is 3.87. The van der Waals surface area contributed by atoms with Gasteiger partial charge in [0.1, 0.15) is 6.20 Å². The first kappa shape index (κ1) is 12.4. The molecule has 1 aromatic heterocycles. The molecule has 2 amide bonds. The first-order valence-electron chi connectivity index (χ1n) is 4.74. The number of carbonyl (C=O) groups excluding carboxylic acids is 1. The maximum absolute atomic E-state index is 11.6. The molecule has 0 aromatic carbocycles. The Hall–Kier alpha value is -1.70. The van der Waals surface area contributed by atoms with Crippen molar-refractivity contribution >= 4 is 27.5 Å². The molecule has 0 unspecified atom stereocenters. The van der Waals surface area contributed by atoms with Gasteiger partial charge in [0.25, 0.3) is 0 Å². The van der Waals surface area contributed by atoms with Crippen LogP contribution in [0.1, 0.15) is 13.8 Å². The van der Waals surface area contributed by atoms with E-state index in [0.717, 1.165) is 17.5 Å². The highest BCUT2D eigenvalue weighted by atomic mass is 32.1. The summed E-state index contributed by atoms with van der Waals surface area (Å²) in [5, 5.41) is 13.1. The fourth-order valence-corrected chi connectivity index (χ4v) is 1.71. The van der Waals surface area contributed by atoms with Crippen molar-refractivity contribution in [2.75, 3.05) is 18.4 Å². The Morgan fingerprint density at radius 3 is 2.69 bits per heavy atom. The molecule has 0 radical (unpaired) electrons. The monoisotopic (exact) mass is 244 g/mol. The number of rotatable bonds is 4. The van der Waals surface area contributed by atoms with Crippen LogP contribution in [-0.4, -0.2) is 33.9 Å². The lowest BCUT2D eigenvalue weighted by Crippen LogP contribution is -2.34. The summed E-state index contributed by atoms with van der Waals surface area (Å²) in [6, 6.07) is -0.297. The van der Waals surface area contributed by atoms with E-state index in [2.05, 4.69) is 10.3 Å². The van der Waals surface area contributed by atoms with Crippen molar-refractivity contribution < 1.29 is 9.72 Å². The molecule has 0 bridgehead atoms. The van der Waals surface area contributed by atoms with Crippen molar-refractivity contribution in [1.29, 1.82) is 0 Å². The minimum atomic E-state index is -0.537. The Bertz CT molecular complexity index is 388. The van der Waals surface area contributed by atoms with Gasteiger partial charge in [-0.15, -0.1) is 0 Å². The van der Waals surface area contributed by atoms with Crippen LogP contribution >= 0.6 is 11.3 Å². The summed E-state index contributed by atoms with van der Waals surface area (Å²) in [7, 11) is 0. The number of hydrogen-bond acceptors (Lipinski definition) is 5. The van der Waals surface area contributed by atoms with Gasteiger partial charge in [-0.1, -0.05) is 0 Å². The second kappa shape index (κ2) is 5.40. The molecule has 1 rings (SSSR count). The van der Waals surface area contributed by atoms with Gasteiger partial charge >= 0.3 is 11.0 Å². The molecule has 0 saturated heterocycles. The predicted molar refractivity (Wildman–Crippen MR) is 60.7 cm³/mol. The molecular weight excluding hydrogens is 232 g/mol. The van der Waals surface area contributed by atoms with Crippen molar-refractivity contribution in [3.63, 3.8) is 0 Å². The first-order valence-corrected chi connectivity index (χ1v) is 5.56. The third-order valence-electron chi connectivity index (χ3n) is 1.94. The van der Waals surface area contributed by atoms with Crippen LogP contribution in [-0.2, 0) is 0 Å². The van der Waals surface area contributed by atoms with Crippen LogP contribution < -0.4 is 5.32 Å². The zero-order valence-corrected chi connectivity index (χ0v) is 9.78. The highest BCUT2D eigenvalue weighted by molar-refractivity contribution is 7.18. The maximum Gasteiger partial charge on any atom is 0.345 e. The lowest BCUT2D eigenvalue weighted by atomic mass is 10.5. The SMILES string of the molecule is CCN(CC)C(=O)Nc1ncc([N+](=O)[O-])s1. The smallest absolute Gasteiger partial charge is 0.325 e. The fourth-order valence-electron chi connectivity index (χ4n) is 1.09. The van der Waals surface area contributed by atoms with E-state index >= 15 is 0 Å². The van der Waals surface area contributed by atoms with E-state index in [0.29, 0.717) is 13.1 Å². The molecule has 88 valence electrons. The molecule has 8 heteroatoms. The minimum Gasteiger partial charge on any atom is -0.325 e. The number of thiazole rings is 1. The van der Waals surface area contributed by atoms with Gasteiger partial charge in [-0.3, -0.25) is 15.4 Å². The van der Waals surface area contributed by atoms with E-state index in [1.54, 1.807) is 4.90 Å². The molecule has 16 heavy (non-hydrogen) atoms. The summed E-state index contributed by atoms with van der Waals surface area (Å²) in [6.45, 7) is 4.87. The summed E-state index contributed by atoms with van der Waals surface area (Å²) >= 11 is 0.839. The van der Waals surface area contributed by atoms with Gasteiger partial charge in [-0.2, -0.15) is 0 Å². The molecule has 1 heterocycles. The van der Waals surface area contributed by atoms with Crippen molar-refractivity contribution in [2.45, 2.75) is 13.8 Å². The summed E-state index contributed by atoms with van der Waals surface area (Å²) < 4.78 is 0. The highest BCUT2D eigenvalue weighted by Gasteiger charge is 2.15. The average molecular weight is 244 g/mol. The third kappa shape index (κ3) is 2.89. The fraction of sp³-hybridized carbons (Fsp3) is 0.500. The molecule has 0 aliphatic rings. The molecule has 0 spiro atoms. The zero-order chi connectivity index (χ0) is 12.1. The van der Waals surface area contributed by atoms with Crippen LogP contribution in [0.4, 0.5) is 14.9 Å². The summed E-state index contributed by atoms with van der Waals surface area (Å²) in [5.74, 6) is 0. The summed E-state index contributed by atoms with van der Waals surface area (Å²) in [4.78, 5) is 26.7. The Morgan fingerprint density at radius 1 is 1.62 bits per heavy atom. The minimum absolute atomic E-state index is 0.0881. The van der Waals surface area contributed by atoms with Gasteiger partial charge in [-0.05, 0) is 25.2 Å². The second-order valence-electron chi connectivity index (χ2n) is 2.86. The van der Waals surface area contributed by atoms with E-state index in [1.807, 2.05) is 13.8 Å². The lowest BCUT2D eigenvalue weighted by Gasteiger charge is -2.17. The number of nitrogens with zero attached hydrogens (tertiary/aromatic N) is 3. The number of amides is 2. The van der Waals surface area contributed by atoms with Crippen molar-refractivity contribution in [2.24, 2.45) is 0 Å². The normalized spacial score (nSPS) is 9.88. The third-order valence-corrected chi connectivity index (χ3v) is 2.80. The molecule has 0 aliphatic carbocycles. The van der Waals surface area contributed by atoms with E-state index in [4.69, 9.17) is 0 Å². The Balaban J connectivity index is 2.65. The summed E-state index contributed by atoms with van der Waals surface area (Å²) in [5.41, 5.74) is 0. The Kier molecular flexibility index (Phi) is 4.18. The molecule has 0 fully saturated rings. The standard InChI is InChI=1S/C8H12N4O3S/c1-3-11(4-2)8(13)10-7-9-5-6(16-7)12(14)15/h5H,3-4H2,1-2H3,(H,9,10,13). The van der Waals surface area contributed by atoms with Crippen LogP contribution in [0.25, 0.3) is 0 Å². The van der Waals surface area contributed by atoms with Crippen LogP contribution in [0.2, 0.25) is 0 Å². The average Bonchev–Trinajstić information content (AvgIpc) is 2.68. The largest absolute Gasteiger partial charge is 0.345 e. The lowest BCUT2D eigenvalue weighted by molar-refractivity contribution is -0.380. The first-order chi connectivity index (χ1) is 7.58. The Labute approximate surface area is 96.2 Å². The van der Waals surface area contributed by atoms with Gasteiger partial charge in [0.2, 0.25) is 0 Å². The molecule has 0 aliphatic heterocycles. The Morgan fingerprint density at radius 2 is 2.25 bits per heavy atom. The molecule has 7 nitrogen and oxygen atoms in total. The van der Waals surface area contributed by atoms with Crippen molar-refractivity contribution in [3.8, 4) is 0 Å². The quantitative estimate of drug-likeness (QED) is 0.647. The van der Waals surface area contributed by atoms with Crippen LogP contribution in [0.15, 0.2) is 6.20 Å². The number of hydrogen-bond donors (Lipinski definition) is 1. The predicted octanol–water partition coefficient (Wildman–Crippen LogP) is 1.92. The summed E-state index contributed by atoms with van der Waals surface area (Å²) in [6.07, 6.45) is 1.13. The number of urea groups is 1.